The fourth-order valence-electron chi connectivity index (χ4n) is 4.80. The molecule has 1 heterocycles. The van der Waals surface area contributed by atoms with E-state index in [-0.39, 0.29) is 30.1 Å². The zero-order chi connectivity index (χ0) is 26.2. The summed E-state index contributed by atoms with van der Waals surface area (Å²) in [6, 6.07) is 17.4. The predicted octanol–water partition coefficient (Wildman–Crippen LogP) is 6.12. The van der Waals surface area contributed by atoms with Gasteiger partial charge < -0.3 is 10.1 Å². The van der Waals surface area contributed by atoms with Gasteiger partial charge in [-0.2, -0.15) is 0 Å². The predicted molar refractivity (Wildman–Crippen MR) is 147 cm³/mol. The number of hydrogen-bond acceptors (Lipinski definition) is 5. The Balaban J connectivity index is 1.75. The summed E-state index contributed by atoms with van der Waals surface area (Å²) >= 11 is 1.51. The summed E-state index contributed by atoms with van der Waals surface area (Å²) in [6.45, 7) is 3.97. The van der Waals surface area contributed by atoms with Crippen LogP contribution in [-0.2, 0) is 16.0 Å². The van der Waals surface area contributed by atoms with E-state index < -0.39 is 6.04 Å². The van der Waals surface area contributed by atoms with E-state index >= 15 is 0 Å². The normalized spacial score (nSPS) is 14.5. The molecule has 4 rings (SSSR count). The Morgan fingerprint density at radius 1 is 1.00 bits per heavy atom. The largest absolute Gasteiger partial charge is 0.494 e. The number of carbonyl (C=O) groups excluding carboxylic acids is 3. The van der Waals surface area contributed by atoms with Crippen molar-refractivity contribution in [3.05, 3.63) is 82.0 Å². The van der Waals surface area contributed by atoms with Crippen LogP contribution in [0.15, 0.2) is 66.0 Å². The van der Waals surface area contributed by atoms with Crippen LogP contribution in [0.5, 0.6) is 5.75 Å². The SMILES string of the molecule is CCOc1ccc([C@H](C(=O)NC2CCCCC2)N(C(=O)Cc2cccs2)c2ccc(C(C)=O)cc2)cc1. The molecule has 1 fully saturated rings. The summed E-state index contributed by atoms with van der Waals surface area (Å²) < 4.78 is 5.61. The molecule has 0 saturated heterocycles. The third-order valence-electron chi connectivity index (χ3n) is 6.69. The summed E-state index contributed by atoms with van der Waals surface area (Å²) in [5.41, 5.74) is 1.83. The third kappa shape index (κ3) is 6.86. The molecule has 7 heteroatoms. The molecule has 1 saturated carbocycles. The maximum Gasteiger partial charge on any atom is 0.248 e. The van der Waals surface area contributed by atoms with Gasteiger partial charge in [0.15, 0.2) is 5.78 Å². The van der Waals surface area contributed by atoms with Crippen molar-refractivity contribution in [1.29, 1.82) is 0 Å². The van der Waals surface area contributed by atoms with Crippen molar-refractivity contribution in [2.24, 2.45) is 0 Å². The van der Waals surface area contributed by atoms with Crippen LogP contribution in [0.2, 0.25) is 0 Å². The molecule has 0 unspecified atom stereocenters. The molecule has 2 aromatic carbocycles. The molecule has 2 amide bonds. The minimum Gasteiger partial charge on any atom is -0.494 e. The van der Waals surface area contributed by atoms with Crippen LogP contribution < -0.4 is 15.0 Å². The van der Waals surface area contributed by atoms with Gasteiger partial charge in [-0.3, -0.25) is 19.3 Å². The monoisotopic (exact) mass is 518 g/mol. The number of thiophene rings is 1. The number of amides is 2. The van der Waals surface area contributed by atoms with Gasteiger partial charge in [0.1, 0.15) is 11.8 Å². The van der Waals surface area contributed by atoms with Crippen LogP contribution in [0.3, 0.4) is 0 Å². The summed E-state index contributed by atoms with van der Waals surface area (Å²) in [5, 5.41) is 5.17. The molecular weight excluding hydrogens is 484 g/mol. The first-order chi connectivity index (χ1) is 18.0. The Morgan fingerprint density at radius 3 is 2.30 bits per heavy atom. The molecule has 0 bridgehead atoms. The highest BCUT2D eigenvalue weighted by Gasteiger charge is 2.34. The molecule has 6 nitrogen and oxygen atoms in total. The zero-order valence-electron chi connectivity index (χ0n) is 21.4. The average Bonchev–Trinajstić information content (AvgIpc) is 3.41. The second kappa shape index (κ2) is 12.7. The molecule has 1 aromatic heterocycles. The quantitative estimate of drug-likeness (QED) is 0.328. The van der Waals surface area contributed by atoms with Crippen molar-refractivity contribution in [3.63, 3.8) is 0 Å². The van der Waals surface area contributed by atoms with E-state index in [4.69, 9.17) is 4.74 Å². The number of nitrogens with one attached hydrogen (secondary N) is 1. The number of ether oxygens (including phenoxy) is 1. The van der Waals surface area contributed by atoms with Gasteiger partial charge in [-0.15, -0.1) is 11.3 Å². The van der Waals surface area contributed by atoms with E-state index in [9.17, 15) is 14.4 Å². The van der Waals surface area contributed by atoms with Crippen LogP contribution in [0.4, 0.5) is 5.69 Å². The van der Waals surface area contributed by atoms with Crippen LogP contribution in [-0.4, -0.2) is 30.2 Å². The Bertz CT molecular complexity index is 1180. The van der Waals surface area contributed by atoms with Crippen molar-refractivity contribution < 1.29 is 19.1 Å². The molecule has 1 aliphatic rings. The lowest BCUT2D eigenvalue weighted by Gasteiger charge is -2.33. The van der Waals surface area contributed by atoms with Gasteiger partial charge in [0, 0.05) is 22.2 Å². The van der Waals surface area contributed by atoms with Gasteiger partial charge in [0.25, 0.3) is 0 Å². The first-order valence-corrected chi connectivity index (χ1v) is 13.8. The van der Waals surface area contributed by atoms with Crippen LogP contribution >= 0.6 is 11.3 Å². The van der Waals surface area contributed by atoms with Crippen molar-refractivity contribution in [2.75, 3.05) is 11.5 Å². The maximum absolute atomic E-state index is 13.9. The Hall–Kier alpha value is -3.45. The second-order valence-electron chi connectivity index (χ2n) is 9.37. The van der Waals surface area contributed by atoms with Crippen LogP contribution in [0.1, 0.15) is 72.8 Å². The van der Waals surface area contributed by atoms with Crippen LogP contribution in [0.25, 0.3) is 0 Å². The van der Waals surface area contributed by atoms with Gasteiger partial charge >= 0.3 is 0 Å². The van der Waals surface area contributed by atoms with Gasteiger partial charge in [-0.1, -0.05) is 37.5 Å². The van der Waals surface area contributed by atoms with E-state index in [1.165, 1.54) is 24.7 Å². The molecule has 3 aromatic rings. The van der Waals surface area contributed by atoms with E-state index in [1.807, 2.05) is 48.7 Å². The lowest BCUT2D eigenvalue weighted by atomic mass is 9.94. The number of nitrogens with zero attached hydrogens (tertiary/aromatic N) is 1. The highest BCUT2D eigenvalue weighted by Crippen LogP contribution is 2.31. The molecule has 194 valence electrons. The minimum absolute atomic E-state index is 0.0545. The maximum atomic E-state index is 13.9. The third-order valence-corrected chi connectivity index (χ3v) is 7.57. The lowest BCUT2D eigenvalue weighted by molar-refractivity contribution is -0.127. The fraction of sp³-hybridized carbons (Fsp3) is 0.367. The number of benzene rings is 2. The number of carbonyl (C=O) groups is 3. The Kier molecular flexibility index (Phi) is 9.12. The number of anilines is 1. The van der Waals surface area contributed by atoms with E-state index in [2.05, 4.69) is 5.32 Å². The number of hydrogen-bond donors (Lipinski definition) is 1. The summed E-state index contributed by atoms with van der Waals surface area (Å²) in [7, 11) is 0. The lowest BCUT2D eigenvalue weighted by Crippen LogP contribution is -2.47. The van der Waals surface area contributed by atoms with Crippen LogP contribution in [0, 0.1) is 0 Å². The molecule has 0 aliphatic heterocycles. The summed E-state index contributed by atoms with van der Waals surface area (Å²) in [4.78, 5) is 42.2. The standard InChI is InChI=1S/C30H34N2O4S/c1-3-36-26-17-13-23(14-18-26)29(30(35)31-24-8-5-4-6-9-24)32(28(34)20-27-10-7-19-37-27)25-15-11-22(12-16-25)21(2)33/h7,10-19,24,29H,3-6,8-9,20H2,1-2H3,(H,31,35)/t29-/m1/s1. The van der Waals surface area contributed by atoms with Crippen molar-refractivity contribution >= 4 is 34.6 Å². The van der Waals surface area contributed by atoms with Gasteiger partial charge in [0.2, 0.25) is 11.8 Å². The van der Waals surface area contributed by atoms with E-state index in [0.29, 0.717) is 29.2 Å². The van der Waals surface area contributed by atoms with Crippen molar-refractivity contribution in [3.8, 4) is 5.75 Å². The molecule has 1 atom stereocenters. The first-order valence-electron chi connectivity index (χ1n) is 12.9. The minimum atomic E-state index is -0.867. The van der Waals surface area contributed by atoms with E-state index in [1.54, 1.807) is 29.2 Å². The summed E-state index contributed by atoms with van der Waals surface area (Å²) in [6.07, 6.45) is 5.42. The smallest absolute Gasteiger partial charge is 0.248 e. The highest BCUT2D eigenvalue weighted by atomic mass is 32.1. The average molecular weight is 519 g/mol. The van der Waals surface area contributed by atoms with Gasteiger partial charge in [0.05, 0.1) is 13.0 Å². The second-order valence-corrected chi connectivity index (χ2v) is 10.4. The van der Waals surface area contributed by atoms with Crippen molar-refractivity contribution in [2.45, 2.75) is 64.5 Å². The first kappa shape index (κ1) is 26.6. The highest BCUT2D eigenvalue weighted by molar-refractivity contribution is 7.10. The molecule has 37 heavy (non-hydrogen) atoms. The topological polar surface area (TPSA) is 75.7 Å². The Morgan fingerprint density at radius 2 is 1.70 bits per heavy atom. The number of rotatable bonds is 10. The molecule has 1 N–H and O–H groups in total. The number of Topliss-reactive ketones (excluding diaryl/α,β-unsaturated/α-hetero) is 1. The zero-order valence-corrected chi connectivity index (χ0v) is 22.3. The molecule has 0 radical (unpaired) electrons. The molecule has 1 aliphatic carbocycles. The van der Waals surface area contributed by atoms with Crippen molar-refractivity contribution in [1.82, 2.24) is 5.32 Å². The summed E-state index contributed by atoms with van der Waals surface area (Å²) in [5.74, 6) is 0.267. The fourth-order valence-corrected chi connectivity index (χ4v) is 5.49. The Labute approximate surface area is 222 Å². The molecule has 0 spiro atoms. The van der Waals surface area contributed by atoms with Gasteiger partial charge in [-0.05, 0) is 80.1 Å². The number of ketones is 1. The van der Waals surface area contributed by atoms with E-state index in [0.717, 1.165) is 30.6 Å². The van der Waals surface area contributed by atoms with Gasteiger partial charge in [-0.25, -0.2) is 0 Å². The molecular formula is C30H34N2O4S.